The standard InChI is InChI=1S/C11H20N2/c1-3-5-11-9-10(12)6-8-13(11)7-4-2/h3-4,10-11H,1-2,5-9,12H2. The van der Waals surface area contributed by atoms with Crippen molar-refractivity contribution in [1.82, 2.24) is 4.90 Å². The number of hydrogen-bond acceptors (Lipinski definition) is 2. The van der Waals surface area contributed by atoms with Gasteiger partial charge in [0.05, 0.1) is 0 Å². The van der Waals surface area contributed by atoms with Gasteiger partial charge in [-0.05, 0) is 19.3 Å². The van der Waals surface area contributed by atoms with Gasteiger partial charge in [-0.25, -0.2) is 0 Å². The predicted molar refractivity (Wildman–Crippen MR) is 57.6 cm³/mol. The van der Waals surface area contributed by atoms with Gasteiger partial charge in [-0.3, -0.25) is 4.90 Å². The first-order valence-corrected chi connectivity index (χ1v) is 4.99. The molecule has 1 rings (SSSR count). The third kappa shape index (κ3) is 2.98. The van der Waals surface area contributed by atoms with E-state index in [9.17, 15) is 0 Å². The second-order valence-corrected chi connectivity index (χ2v) is 3.75. The van der Waals surface area contributed by atoms with Gasteiger partial charge in [0.15, 0.2) is 0 Å². The van der Waals surface area contributed by atoms with E-state index in [-0.39, 0.29) is 0 Å². The zero-order valence-corrected chi connectivity index (χ0v) is 8.28. The third-order valence-corrected chi connectivity index (χ3v) is 2.68. The van der Waals surface area contributed by atoms with Gasteiger partial charge in [-0.2, -0.15) is 0 Å². The summed E-state index contributed by atoms with van der Waals surface area (Å²) in [6, 6.07) is 0.963. The van der Waals surface area contributed by atoms with Crippen LogP contribution in [0.2, 0.25) is 0 Å². The smallest absolute Gasteiger partial charge is 0.0163 e. The summed E-state index contributed by atoms with van der Waals surface area (Å²) in [4.78, 5) is 2.44. The van der Waals surface area contributed by atoms with Crippen LogP contribution in [0.4, 0.5) is 0 Å². The van der Waals surface area contributed by atoms with Gasteiger partial charge in [-0.1, -0.05) is 12.2 Å². The Hall–Kier alpha value is -0.600. The van der Waals surface area contributed by atoms with E-state index < -0.39 is 0 Å². The molecule has 1 heterocycles. The molecule has 2 heteroatoms. The summed E-state index contributed by atoms with van der Waals surface area (Å²) in [5.41, 5.74) is 5.93. The fourth-order valence-corrected chi connectivity index (χ4v) is 1.97. The maximum absolute atomic E-state index is 5.93. The number of nitrogens with two attached hydrogens (primary N) is 1. The second kappa shape index (κ2) is 5.20. The van der Waals surface area contributed by atoms with Gasteiger partial charge in [-0.15, -0.1) is 13.2 Å². The molecule has 0 aliphatic carbocycles. The Morgan fingerprint density at radius 3 is 2.77 bits per heavy atom. The van der Waals surface area contributed by atoms with E-state index in [2.05, 4.69) is 18.1 Å². The summed E-state index contributed by atoms with van der Waals surface area (Å²) in [6.45, 7) is 9.63. The monoisotopic (exact) mass is 180 g/mol. The maximum Gasteiger partial charge on any atom is 0.0163 e. The lowest BCUT2D eigenvalue weighted by Gasteiger charge is -2.37. The first-order valence-electron chi connectivity index (χ1n) is 4.99. The molecule has 2 unspecified atom stereocenters. The highest BCUT2D eigenvalue weighted by atomic mass is 15.2. The van der Waals surface area contributed by atoms with E-state index in [1.807, 2.05) is 12.2 Å². The van der Waals surface area contributed by atoms with Gasteiger partial charge in [0.2, 0.25) is 0 Å². The van der Waals surface area contributed by atoms with E-state index >= 15 is 0 Å². The van der Waals surface area contributed by atoms with Gasteiger partial charge in [0, 0.05) is 25.2 Å². The molecule has 0 radical (unpaired) electrons. The molecule has 0 aromatic heterocycles. The minimum absolute atomic E-state index is 0.381. The summed E-state index contributed by atoms with van der Waals surface area (Å²) in [5, 5.41) is 0. The van der Waals surface area contributed by atoms with Crippen molar-refractivity contribution in [3.63, 3.8) is 0 Å². The maximum atomic E-state index is 5.93. The normalized spacial score (nSPS) is 29.9. The lowest BCUT2D eigenvalue weighted by molar-refractivity contribution is 0.152. The molecule has 0 saturated carbocycles. The highest BCUT2D eigenvalue weighted by molar-refractivity contribution is 4.90. The van der Waals surface area contributed by atoms with Crippen LogP contribution >= 0.6 is 0 Å². The lowest BCUT2D eigenvalue weighted by atomic mass is 9.95. The molecule has 0 amide bonds. The van der Waals surface area contributed by atoms with Crippen LogP contribution in [0, 0.1) is 0 Å². The largest absolute Gasteiger partial charge is 0.328 e. The molecule has 2 N–H and O–H groups in total. The van der Waals surface area contributed by atoms with Crippen LogP contribution in [0.25, 0.3) is 0 Å². The van der Waals surface area contributed by atoms with Crippen molar-refractivity contribution in [3.8, 4) is 0 Å². The van der Waals surface area contributed by atoms with Crippen LogP contribution in [-0.4, -0.2) is 30.1 Å². The highest BCUT2D eigenvalue weighted by Crippen LogP contribution is 2.18. The van der Waals surface area contributed by atoms with E-state index in [1.54, 1.807) is 0 Å². The van der Waals surface area contributed by atoms with Crippen molar-refractivity contribution in [1.29, 1.82) is 0 Å². The first kappa shape index (κ1) is 10.5. The van der Waals surface area contributed by atoms with E-state index in [4.69, 9.17) is 5.73 Å². The van der Waals surface area contributed by atoms with Gasteiger partial charge in [0.25, 0.3) is 0 Å². The Balaban J connectivity index is 2.48. The topological polar surface area (TPSA) is 29.3 Å². The molecule has 13 heavy (non-hydrogen) atoms. The number of piperidine rings is 1. The van der Waals surface area contributed by atoms with Crippen molar-refractivity contribution < 1.29 is 0 Å². The van der Waals surface area contributed by atoms with Crippen LogP contribution in [-0.2, 0) is 0 Å². The molecule has 0 bridgehead atoms. The molecular weight excluding hydrogens is 160 g/mol. The van der Waals surface area contributed by atoms with E-state index in [0.717, 1.165) is 32.4 Å². The Labute approximate surface area is 81.1 Å². The molecule has 1 saturated heterocycles. The number of nitrogens with zero attached hydrogens (tertiary/aromatic N) is 1. The average molecular weight is 180 g/mol. The molecule has 74 valence electrons. The van der Waals surface area contributed by atoms with Gasteiger partial charge < -0.3 is 5.73 Å². The van der Waals surface area contributed by atoms with Crippen LogP contribution < -0.4 is 5.73 Å². The minimum atomic E-state index is 0.381. The molecule has 0 aromatic rings. The van der Waals surface area contributed by atoms with Crippen molar-refractivity contribution in [3.05, 3.63) is 25.3 Å². The first-order chi connectivity index (χ1) is 6.27. The van der Waals surface area contributed by atoms with Crippen LogP contribution in [0.15, 0.2) is 25.3 Å². The molecule has 0 aromatic carbocycles. The predicted octanol–water partition coefficient (Wildman–Crippen LogP) is 1.54. The Bertz CT molecular complexity index is 177. The van der Waals surface area contributed by atoms with Crippen molar-refractivity contribution >= 4 is 0 Å². The van der Waals surface area contributed by atoms with Gasteiger partial charge >= 0.3 is 0 Å². The fraction of sp³-hybridized carbons (Fsp3) is 0.636. The van der Waals surface area contributed by atoms with Gasteiger partial charge in [0.1, 0.15) is 0 Å². The number of rotatable bonds is 4. The number of hydrogen-bond donors (Lipinski definition) is 1. The zero-order valence-electron chi connectivity index (χ0n) is 8.28. The molecule has 1 aliphatic rings. The summed E-state index contributed by atoms with van der Waals surface area (Å²) in [7, 11) is 0. The van der Waals surface area contributed by atoms with Crippen LogP contribution in [0.1, 0.15) is 19.3 Å². The Kier molecular flexibility index (Phi) is 4.19. The number of likely N-dealkylation sites (tertiary alicyclic amines) is 1. The molecule has 2 atom stereocenters. The average Bonchev–Trinajstić information content (AvgIpc) is 2.10. The molecule has 0 spiro atoms. The third-order valence-electron chi connectivity index (χ3n) is 2.68. The Morgan fingerprint density at radius 2 is 2.15 bits per heavy atom. The molecular formula is C11H20N2. The minimum Gasteiger partial charge on any atom is -0.328 e. The molecule has 1 aliphatic heterocycles. The van der Waals surface area contributed by atoms with Crippen LogP contribution in [0.3, 0.4) is 0 Å². The lowest BCUT2D eigenvalue weighted by Crippen LogP contribution is -2.46. The molecule has 2 nitrogen and oxygen atoms in total. The van der Waals surface area contributed by atoms with Crippen LogP contribution in [0.5, 0.6) is 0 Å². The fourth-order valence-electron chi connectivity index (χ4n) is 1.97. The summed E-state index contributed by atoms with van der Waals surface area (Å²) in [5.74, 6) is 0. The van der Waals surface area contributed by atoms with E-state index in [0.29, 0.717) is 12.1 Å². The van der Waals surface area contributed by atoms with Crippen molar-refractivity contribution in [2.75, 3.05) is 13.1 Å². The molecule has 1 fully saturated rings. The Morgan fingerprint density at radius 1 is 1.38 bits per heavy atom. The SMILES string of the molecule is C=CCC1CC(N)CCN1CC=C. The van der Waals surface area contributed by atoms with E-state index in [1.165, 1.54) is 0 Å². The second-order valence-electron chi connectivity index (χ2n) is 3.75. The van der Waals surface area contributed by atoms with Crippen molar-refractivity contribution in [2.45, 2.75) is 31.3 Å². The van der Waals surface area contributed by atoms with Crippen molar-refractivity contribution in [2.24, 2.45) is 5.73 Å². The zero-order chi connectivity index (χ0) is 9.68. The highest BCUT2D eigenvalue weighted by Gasteiger charge is 2.24. The summed E-state index contributed by atoms with van der Waals surface area (Å²) < 4.78 is 0. The summed E-state index contributed by atoms with van der Waals surface area (Å²) >= 11 is 0. The summed E-state index contributed by atoms with van der Waals surface area (Å²) in [6.07, 6.45) is 7.20. The quantitative estimate of drug-likeness (QED) is 0.665.